The van der Waals surface area contributed by atoms with Crippen molar-refractivity contribution in [1.29, 1.82) is 0 Å². The first-order chi connectivity index (χ1) is 17.4. The van der Waals surface area contributed by atoms with Gasteiger partial charge in [-0.15, -0.1) is 6.42 Å². The zero-order valence-corrected chi connectivity index (χ0v) is 21.7. The molecule has 37 heavy (non-hydrogen) atoms. The molecule has 0 spiro atoms. The number of terminal acetylenes is 1. The quantitative estimate of drug-likeness (QED) is 0.232. The van der Waals surface area contributed by atoms with E-state index >= 15 is 0 Å². The number of benzene rings is 1. The molecule has 3 rings (SSSR count). The minimum absolute atomic E-state index is 0.196. The van der Waals surface area contributed by atoms with Crippen LogP contribution >= 0.6 is 7.75 Å². The maximum absolute atomic E-state index is 13.7. The molecule has 2 aromatic rings. The Labute approximate surface area is 213 Å². The second-order valence-electron chi connectivity index (χ2n) is 8.95. The van der Waals surface area contributed by atoms with E-state index in [2.05, 4.69) is 16.0 Å². The third kappa shape index (κ3) is 6.57. The normalized spacial score (nSPS) is 25.7. The van der Waals surface area contributed by atoms with Gasteiger partial charge in [0.15, 0.2) is 6.23 Å². The Morgan fingerprint density at radius 2 is 1.97 bits per heavy atom. The van der Waals surface area contributed by atoms with Gasteiger partial charge in [-0.1, -0.05) is 24.1 Å². The Morgan fingerprint density at radius 1 is 1.30 bits per heavy atom. The van der Waals surface area contributed by atoms with Crippen LogP contribution in [0.25, 0.3) is 0 Å². The number of carbonyl (C=O) groups excluding carboxylic acids is 1. The average Bonchev–Trinajstić information content (AvgIpc) is 3.08. The van der Waals surface area contributed by atoms with E-state index in [1.54, 1.807) is 44.2 Å². The van der Waals surface area contributed by atoms with Crippen molar-refractivity contribution in [3.05, 3.63) is 63.4 Å². The van der Waals surface area contributed by atoms with E-state index in [-0.39, 0.29) is 5.75 Å². The summed E-state index contributed by atoms with van der Waals surface area (Å²) in [6.45, 7) is 5.79. The number of hydrogen-bond donors (Lipinski definition) is 3. The first-order valence-corrected chi connectivity index (χ1v) is 13.0. The number of aromatic nitrogens is 2. The zero-order valence-electron chi connectivity index (χ0n) is 20.8. The molecule has 0 aliphatic carbocycles. The molecular weight excluding hydrogens is 505 g/mol. The smallest absolute Gasteiger partial charge is 0.459 e. The number of rotatable bonds is 10. The summed E-state index contributed by atoms with van der Waals surface area (Å²) in [7, 11) is -4.24. The number of esters is 1. The zero-order chi connectivity index (χ0) is 27.4. The van der Waals surface area contributed by atoms with Crippen molar-refractivity contribution in [3.63, 3.8) is 0 Å². The lowest BCUT2D eigenvalue weighted by Crippen LogP contribution is -2.41. The number of aliphatic hydroxyl groups is 1. The predicted molar refractivity (Wildman–Crippen MR) is 133 cm³/mol. The van der Waals surface area contributed by atoms with Gasteiger partial charge in [-0.2, -0.15) is 5.09 Å². The van der Waals surface area contributed by atoms with E-state index in [1.165, 1.54) is 20.0 Å². The summed E-state index contributed by atoms with van der Waals surface area (Å²) in [5, 5.41) is 13.5. The van der Waals surface area contributed by atoms with Gasteiger partial charge < -0.3 is 19.1 Å². The van der Waals surface area contributed by atoms with Crippen molar-refractivity contribution >= 4 is 13.7 Å². The molecule has 200 valence electrons. The highest BCUT2D eigenvalue weighted by Gasteiger charge is 2.54. The fraction of sp³-hybridized carbons (Fsp3) is 0.458. The van der Waals surface area contributed by atoms with Crippen molar-refractivity contribution in [2.45, 2.75) is 58.3 Å². The van der Waals surface area contributed by atoms with Crippen LogP contribution in [-0.2, 0) is 23.4 Å². The standard InChI is InChI=1S/C24H30N3O9P/c1-6-24(5)20(29)18(35-22(24)27-13-12-19(28)25-23(27)31)14-33-37(32,36-17-10-8-7-9-11-17)26-16(4)21(30)34-15(2)3/h1,7-13,15-16,18,20,22,29H,14H2,2-5H3,(H,26,32)(H,25,28,31)/t16-,18+,20+,22+,24+,37-/m0/s1. The van der Waals surface area contributed by atoms with Crippen LogP contribution in [0.3, 0.4) is 0 Å². The lowest BCUT2D eigenvalue weighted by atomic mass is 9.83. The highest BCUT2D eigenvalue weighted by molar-refractivity contribution is 7.52. The van der Waals surface area contributed by atoms with Crippen LogP contribution in [0.5, 0.6) is 5.75 Å². The summed E-state index contributed by atoms with van der Waals surface area (Å²) in [6.07, 6.45) is 2.80. The van der Waals surface area contributed by atoms with Crippen LogP contribution in [0, 0.1) is 17.8 Å². The minimum atomic E-state index is -4.24. The molecule has 13 heteroatoms. The Kier molecular flexibility index (Phi) is 8.79. The average molecular weight is 535 g/mol. The number of H-pyrrole nitrogens is 1. The monoisotopic (exact) mass is 535 g/mol. The second-order valence-corrected chi connectivity index (χ2v) is 10.6. The highest BCUT2D eigenvalue weighted by Crippen LogP contribution is 2.48. The molecule has 0 saturated carbocycles. The van der Waals surface area contributed by atoms with Crippen molar-refractivity contribution in [2.75, 3.05) is 6.61 Å². The van der Waals surface area contributed by atoms with Crippen molar-refractivity contribution in [3.8, 4) is 18.1 Å². The van der Waals surface area contributed by atoms with Crippen molar-refractivity contribution < 1.29 is 33.0 Å². The van der Waals surface area contributed by atoms with Gasteiger partial charge in [0.05, 0.1) is 12.7 Å². The summed E-state index contributed by atoms with van der Waals surface area (Å²) in [4.78, 5) is 38.2. The van der Waals surface area contributed by atoms with Gasteiger partial charge >= 0.3 is 19.4 Å². The van der Waals surface area contributed by atoms with Crippen LogP contribution in [0.4, 0.5) is 0 Å². The van der Waals surface area contributed by atoms with Gasteiger partial charge in [0.2, 0.25) is 0 Å². The maximum atomic E-state index is 13.7. The molecular formula is C24H30N3O9P. The molecule has 0 radical (unpaired) electrons. The van der Waals surface area contributed by atoms with Gasteiger partial charge in [-0.25, -0.2) is 9.36 Å². The Morgan fingerprint density at radius 3 is 2.57 bits per heavy atom. The molecule has 3 N–H and O–H groups in total. The number of carbonyl (C=O) groups is 1. The van der Waals surface area contributed by atoms with Crippen LogP contribution < -0.4 is 20.9 Å². The van der Waals surface area contributed by atoms with E-state index in [1.807, 2.05) is 0 Å². The number of aliphatic hydroxyl groups excluding tert-OH is 1. The molecule has 0 unspecified atom stereocenters. The first-order valence-electron chi connectivity index (χ1n) is 11.5. The number of para-hydroxylation sites is 1. The summed E-state index contributed by atoms with van der Waals surface area (Å²) in [5.74, 6) is 1.97. The maximum Gasteiger partial charge on any atom is 0.459 e. The summed E-state index contributed by atoms with van der Waals surface area (Å²) < 4.78 is 36.9. The topological polar surface area (TPSA) is 158 Å². The number of nitrogens with zero attached hydrogens (tertiary/aromatic N) is 1. The van der Waals surface area contributed by atoms with Crippen LogP contribution in [-0.4, -0.2) is 51.6 Å². The molecule has 6 atom stereocenters. The molecule has 1 saturated heterocycles. The molecule has 1 aliphatic rings. The second kappa shape index (κ2) is 11.5. The van der Waals surface area contributed by atoms with E-state index in [4.69, 9.17) is 24.9 Å². The molecule has 0 amide bonds. The number of aromatic amines is 1. The summed E-state index contributed by atoms with van der Waals surface area (Å²) in [5.41, 5.74) is -2.82. The largest absolute Gasteiger partial charge is 0.462 e. The van der Waals surface area contributed by atoms with Gasteiger partial charge in [0.25, 0.3) is 5.56 Å². The minimum Gasteiger partial charge on any atom is -0.462 e. The summed E-state index contributed by atoms with van der Waals surface area (Å²) >= 11 is 0. The third-order valence-corrected chi connectivity index (χ3v) is 7.28. The lowest BCUT2D eigenvalue weighted by molar-refractivity contribution is -0.149. The molecule has 1 fully saturated rings. The van der Waals surface area contributed by atoms with E-state index in [9.17, 15) is 24.1 Å². The molecule has 0 bridgehead atoms. The molecule has 1 aromatic carbocycles. The molecule has 12 nitrogen and oxygen atoms in total. The van der Waals surface area contributed by atoms with Crippen LogP contribution in [0.1, 0.15) is 33.9 Å². The number of hydrogen-bond acceptors (Lipinski definition) is 9. The summed E-state index contributed by atoms with van der Waals surface area (Å²) in [6, 6.07) is 8.18. The number of ether oxygens (including phenoxy) is 2. The van der Waals surface area contributed by atoms with Gasteiger partial charge in [0, 0.05) is 12.3 Å². The van der Waals surface area contributed by atoms with Gasteiger partial charge in [-0.3, -0.25) is 23.7 Å². The fourth-order valence-corrected chi connectivity index (χ4v) is 5.18. The SMILES string of the molecule is C#C[C@]1(C)[C@H](O)[C@@H](CO[P@@](=O)(N[C@@H](C)C(=O)OC(C)C)Oc2ccccc2)O[C@H]1n1ccc(=O)[nH]c1=O. The van der Waals surface area contributed by atoms with Crippen LogP contribution in [0.15, 0.2) is 52.2 Å². The van der Waals surface area contributed by atoms with Gasteiger partial charge in [-0.05, 0) is 39.8 Å². The molecule has 1 aromatic heterocycles. The molecule has 1 aliphatic heterocycles. The van der Waals surface area contributed by atoms with E-state index < -0.39 is 67.6 Å². The van der Waals surface area contributed by atoms with Gasteiger partial charge in [0.1, 0.15) is 29.4 Å². The van der Waals surface area contributed by atoms with E-state index in [0.717, 1.165) is 10.6 Å². The van der Waals surface area contributed by atoms with Crippen LogP contribution in [0.2, 0.25) is 0 Å². The van der Waals surface area contributed by atoms with Crippen molar-refractivity contribution in [2.24, 2.45) is 5.41 Å². The fourth-order valence-electron chi connectivity index (χ4n) is 3.67. The highest BCUT2D eigenvalue weighted by atomic mass is 31.2. The molecule has 2 heterocycles. The Hall–Kier alpha value is -3.20. The predicted octanol–water partition coefficient (Wildman–Crippen LogP) is 1.57. The number of nitrogens with one attached hydrogen (secondary N) is 2. The lowest BCUT2D eigenvalue weighted by Gasteiger charge is -2.28. The Bertz CT molecular complexity index is 1300. The first kappa shape index (κ1) is 28.4. The van der Waals surface area contributed by atoms with Crippen molar-refractivity contribution in [1.82, 2.24) is 14.6 Å². The Balaban J connectivity index is 1.84. The van der Waals surface area contributed by atoms with E-state index in [0.29, 0.717) is 0 Å². The third-order valence-electron chi connectivity index (χ3n) is 5.63.